The Morgan fingerprint density at radius 2 is 1.48 bits per heavy atom. The van der Waals surface area contributed by atoms with Gasteiger partial charge < -0.3 is 4.84 Å². The van der Waals surface area contributed by atoms with Gasteiger partial charge in [0.15, 0.2) is 5.25 Å². The van der Waals surface area contributed by atoms with Crippen molar-refractivity contribution in [2.75, 3.05) is 0 Å². The number of carbonyl (C=O) groups excluding carboxylic acids is 3. The highest BCUT2D eigenvalue weighted by atomic mass is 32.2. The van der Waals surface area contributed by atoms with Crippen LogP contribution >= 0.6 is 0 Å². The predicted octanol–water partition coefficient (Wildman–Crippen LogP) is 3.16. The third-order valence-electron chi connectivity index (χ3n) is 4.60. The molecule has 27 heavy (non-hydrogen) atoms. The summed E-state index contributed by atoms with van der Waals surface area (Å²) in [6.07, 6.45) is 11.7. The number of rotatable bonds is 14. The molecule has 1 aliphatic rings. The van der Waals surface area contributed by atoms with Gasteiger partial charge in [0.1, 0.15) is 0 Å². The lowest BCUT2D eigenvalue weighted by molar-refractivity contribution is -0.197. The molecule has 1 saturated heterocycles. The number of nitrogens with zero attached hydrogens (tertiary/aromatic N) is 1. The molecule has 0 aromatic rings. The van der Waals surface area contributed by atoms with Gasteiger partial charge in [-0.25, -0.2) is 4.79 Å². The molecule has 1 aliphatic heterocycles. The number of carbonyl (C=O) groups is 3. The van der Waals surface area contributed by atoms with Crippen molar-refractivity contribution in [3.63, 3.8) is 0 Å². The molecule has 1 rings (SSSR count). The Kier molecular flexibility index (Phi) is 10.5. The summed E-state index contributed by atoms with van der Waals surface area (Å²) in [7, 11) is -4.70. The van der Waals surface area contributed by atoms with Crippen molar-refractivity contribution in [3.8, 4) is 0 Å². The number of imide groups is 1. The van der Waals surface area contributed by atoms with Crippen LogP contribution in [0.2, 0.25) is 0 Å². The fourth-order valence-electron chi connectivity index (χ4n) is 2.99. The minimum Gasteiger partial charge on any atom is -0.330 e. The van der Waals surface area contributed by atoms with Crippen LogP contribution in [0.3, 0.4) is 0 Å². The van der Waals surface area contributed by atoms with Gasteiger partial charge >= 0.3 is 5.97 Å². The zero-order chi connectivity index (χ0) is 20.3. The molecule has 0 unspecified atom stereocenters. The highest BCUT2D eigenvalue weighted by Gasteiger charge is 2.48. The van der Waals surface area contributed by atoms with E-state index >= 15 is 0 Å². The third kappa shape index (κ3) is 8.83. The van der Waals surface area contributed by atoms with Crippen LogP contribution in [0, 0.1) is 0 Å². The Bertz CT molecular complexity index is 603. The van der Waals surface area contributed by atoms with E-state index < -0.39 is 39.6 Å². The quantitative estimate of drug-likeness (QED) is 0.268. The van der Waals surface area contributed by atoms with Gasteiger partial charge in [0.2, 0.25) is 0 Å². The molecule has 1 heterocycles. The minimum absolute atomic E-state index is 0.0462. The van der Waals surface area contributed by atoms with Crippen LogP contribution in [0.1, 0.15) is 90.4 Å². The summed E-state index contributed by atoms with van der Waals surface area (Å²) in [5, 5.41) is -1.74. The SMILES string of the molecule is CCCCCCCCCCCCCC(=O)ON1C(=O)C[C@@H](S(=O)(=O)O)C1=O. The van der Waals surface area contributed by atoms with Crippen molar-refractivity contribution in [3.05, 3.63) is 0 Å². The minimum atomic E-state index is -4.70. The van der Waals surface area contributed by atoms with Crippen molar-refractivity contribution in [1.82, 2.24) is 5.06 Å². The van der Waals surface area contributed by atoms with E-state index in [1.54, 1.807) is 0 Å². The molecular formula is C18H31NO7S. The lowest BCUT2D eigenvalue weighted by Crippen LogP contribution is -2.36. The molecule has 0 saturated carbocycles. The summed E-state index contributed by atoms with van der Waals surface area (Å²) in [4.78, 5) is 39.7. The molecule has 1 fully saturated rings. The van der Waals surface area contributed by atoms with E-state index in [2.05, 4.69) is 11.8 Å². The molecule has 1 atom stereocenters. The van der Waals surface area contributed by atoms with E-state index in [-0.39, 0.29) is 11.5 Å². The van der Waals surface area contributed by atoms with Gasteiger partial charge in [0, 0.05) is 6.42 Å². The molecule has 2 amide bonds. The van der Waals surface area contributed by atoms with Gasteiger partial charge in [-0.1, -0.05) is 71.1 Å². The Hall–Kier alpha value is -1.48. The largest absolute Gasteiger partial charge is 0.333 e. The summed E-state index contributed by atoms with van der Waals surface area (Å²) in [5.74, 6) is -2.94. The maximum absolute atomic E-state index is 11.7. The molecule has 0 spiro atoms. The molecule has 8 nitrogen and oxygen atoms in total. The van der Waals surface area contributed by atoms with Crippen molar-refractivity contribution >= 4 is 27.9 Å². The zero-order valence-electron chi connectivity index (χ0n) is 16.0. The van der Waals surface area contributed by atoms with E-state index in [1.807, 2.05) is 0 Å². The van der Waals surface area contributed by atoms with E-state index in [4.69, 9.17) is 4.55 Å². The highest BCUT2D eigenvalue weighted by molar-refractivity contribution is 7.87. The third-order valence-corrected chi connectivity index (χ3v) is 5.69. The van der Waals surface area contributed by atoms with E-state index in [1.165, 1.54) is 44.9 Å². The lowest BCUT2D eigenvalue weighted by Gasteiger charge is -2.13. The highest BCUT2D eigenvalue weighted by Crippen LogP contribution is 2.20. The molecule has 0 aromatic heterocycles. The second-order valence-electron chi connectivity index (χ2n) is 6.98. The van der Waals surface area contributed by atoms with Gasteiger partial charge in [-0.15, -0.1) is 5.06 Å². The lowest BCUT2D eigenvalue weighted by atomic mass is 10.1. The standard InChI is InChI=1S/C18H31NO7S/c1-2-3-4-5-6-7-8-9-10-11-12-13-17(21)26-19-16(20)14-15(18(19)22)27(23,24)25/h15H,2-14H2,1H3,(H,23,24,25)/t15-/m1/s1. The number of hydrogen-bond acceptors (Lipinski definition) is 6. The first-order valence-corrected chi connectivity index (χ1v) is 11.3. The van der Waals surface area contributed by atoms with Crippen molar-refractivity contribution in [2.24, 2.45) is 0 Å². The average Bonchev–Trinajstić information content (AvgIpc) is 2.88. The van der Waals surface area contributed by atoms with Gasteiger partial charge in [0.05, 0.1) is 6.42 Å². The van der Waals surface area contributed by atoms with Crippen LogP contribution in [0.15, 0.2) is 0 Å². The first-order chi connectivity index (χ1) is 12.8. The Morgan fingerprint density at radius 1 is 1.00 bits per heavy atom. The number of hydroxylamine groups is 2. The molecule has 0 bridgehead atoms. The van der Waals surface area contributed by atoms with E-state index in [9.17, 15) is 22.8 Å². The summed E-state index contributed by atoms with van der Waals surface area (Å²) in [6.45, 7) is 2.20. The zero-order valence-corrected chi connectivity index (χ0v) is 16.8. The first-order valence-electron chi connectivity index (χ1n) is 9.81. The molecule has 1 N–H and O–H groups in total. The number of amides is 2. The fourth-order valence-corrected chi connectivity index (χ4v) is 3.70. The Morgan fingerprint density at radius 3 is 1.93 bits per heavy atom. The average molecular weight is 406 g/mol. The molecule has 0 radical (unpaired) electrons. The maximum Gasteiger partial charge on any atom is 0.333 e. The summed E-state index contributed by atoms with van der Waals surface area (Å²) in [6, 6.07) is 0. The molecule has 0 aromatic carbocycles. The summed E-state index contributed by atoms with van der Waals surface area (Å²) >= 11 is 0. The summed E-state index contributed by atoms with van der Waals surface area (Å²) < 4.78 is 30.9. The van der Waals surface area contributed by atoms with Gasteiger partial charge in [-0.05, 0) is 6.42 Å². The summed E-state index contributed by atoms with van der Waals surface area (Å²) in [5.41, 5.74) is 0. The number of unbranched alkanes of at least 4 members (excludes halogenated alkanes) is 10. The van der Waals surface area contributed by atoms with Crippen molar-refractivity contribution < 1.29 is 32.2 Å². The van der Waals surface area contributed by atoms with Crippen LogP contribution in [-0.2, 0) is 29.3 Å². The van der Waals surface area contributed by atoms with Crippen LogP contribution in [0.4, 0.5) is 0 Å². The van der Waals surface area contributed by atoms with Crippen LogP contribution in [-0.4, -0.2) is 41.1 Å². The fraction of sp³-hybridized carbons (Fsp3) is 0.833. The molecule has 0 aliphatic carbocycles. The first kappa shape index (κ1) is 23.6. The van der Waals surface area contributed by atoms with Gasteiger partial charge in [-0.3, -0.25) is 14.1 Å². The van der Waals surface area contributed by atoms with Gasteiger partial charge in [-0.2, -0.15) is 8.42 Å². The van der Waals surface area contributed by atoms with E-state index in [0.717, 1.165) is 19.3 Å². The van der Waals surface area contributed by atoms with E-state index in [0.29, 0.717) is 6.42 Å². The normalized spacial score (nSPS) is 17.6. The monoisotopic (exact) mass is 405 g/mol. The second kappa shape index (κ2) is 12.1. The Labute approximate surface area is 161 Å². The van der Waals surface area contributed by atoms with Crippen LogP contribution < -0.4 is 0 Å². The molecule has 9 heteroatoms. The molecular weight excluding hydrogens is 374 g/mol. The predicted molar refractivity (Wildman–Crippen MR) is 99.0 cm³/mol. The molecule has 156 valence electrons. The van der Waals surface area contributed by atoms with Crippen LogP contribution in [0.25, 0.3) is 0 Å². The van der Waals surface area contributed by atoms with Crippen molar-refractivity contribution in [2.45, 2.75) is 95.6 Å². The number of hydrogen-bond donors (Lipinski definition) is 1. The van der Waals surface area contributed by atoms with Crippen molar-refractivity contribution in [1.29, 1.82) is 0 Å². The maximum atomic E-state index is 11.7. The Balaban J connectivity index is 2.11. The topological polar surface area (TPSA) is 118 Å². The smallest absolute Gasteiger partial charge is 0.330 e. The second-order valence-corrected chi connectivity index (χ2v) is 8.58. The van der Waals surface area contributed by atoms with Gasteiger partial charge in [0.25, 0.3) is 21.9 Å². The van der Waals surface area contributed by atoms with Crippen LogP contribution in [0.5, 0.6) is 0 Å².